The van der Waals surface area contributed by atoms with Crippen molar-refractivity contribution in [1.29, 1.82) is 0 Å². The molecule has 0 amide bonds. The van der Waals surface area contributed by atoms with Gasteiger partial charge in [-0.2, -0.15) is 0 Å². The second-order valence-electron chi connectivity index (χ2n) is 3.35. The predicted octanol–water partition coefficient (Wildman–Crippen LogP) is 1.95. The summed E-state index contributed by atoms with van der Waals surface area (Å²) < 4.78 is 0. The lowest BCUT2D eigenvalue weighted by Crippen LogP contribution is -2.27. The van der Waals surface area contributed by atoms with Crippen molar-refractivity contribution in [3.8, 4) is 0 Å². The van der Waals surface area contributed by atoms with Gasteiger partial charge >= 0.3 is 0 Å². The van der Waals surface area contributed by atoms with Gasteiger partial charge in [-0.1, -0.05) is 5.57 Å². The summed E-state index contributed by atoms with van der Waals surface area (Å²) in [5, 5.41) is 3.36. The van der Waals surface area contributed by atoms with Crippen LogP contribution in [-0.2, 0) is 0 Å². The van der Waals surface area contributed by atoms with E-state index in [1.807, 2.05) is 0 Å². The summed E-state index contributed by atoms with van der Waals surface area (Å²) >= 11 is 0. The number of hydrogen-bond donors (Lipinski definition) is 1. The van der Waals surface area contributed by atoms with Crippen LogP contribution < -0.4 is 5.32 Å². The fourth-order valence-corrected chi connectivity index (χ4v) is 1.58. The lowest BCUT2D eigenvalue weighted by Gasteiger charge is -2.22. The van der Waals surface area contributed by atoms with Crippen molar-refractivity contribution < 1.29 is 0 Å². The van der Waals surface area contributed by atoms with Crippen molar-refractivity contribution in [2.24, 2.45) is 5.92 Å². The van der Waals surface area contributed by atoms with E-state index in [9.17, 15) is 0 Å². The first-order valence-corrected chi connectivity index (χ1v) is 4.14. The van der Waals surface area contributed by atoms with E-state index in [2.05, 4.69) is 18.8 Å². The van der Waals surface area contributed by atoms with Gasteiger partial charge in [-0.15, -0.1) is 6.58 Å². The predicted molar refractivity (Wildman–Crippen MR) is 45.0 cm³/mol. The molecule has 1 nitrogen and oxygen atoms in total. The molecule has 1 heteroatoms. The molecule has 0 radical (unpaired) electrons. The van der Waals surface area contributed by atoms with E-state index in [1.165, 1.54) is 37.9 Å². The number of piperidine rings is 1. The SMILES string of the molecule is C=C(C)CC1CCNCC1. The van der Waals surface area contributed by atoms with Crippen LogP contribution in [0.5, 0.6) is 0 Å². The molecule has 0 unspecified atom stereocenters. The smallest absolute Gasteiger partial charge is 0.00462 e. The molecule has 10 heavy (non-hydrogen) atoms. The maximum atomic E-state index is 3.93. The molecule has 0 aliphatic carbocycles. The summed E-state index contributed by atoms with van der Waals surface area (Å²) in [6.45, 7) is 8.47. The topological polar surface area (TPSA) is 12.0 Å². The summed E-state index contributed by atoms with van der Waals surface area (Å²) in [6, 6.07) is 0. The number of hydrogen-bond acceptors (Lipinski definition) is 1. The summed E-state index contributed by atoms with van der Waals surface area (Å²) in [7, 11) is 0. The van der Waals surface area contributed by atoms with Gasteiger partial charge in [0.05, 0.1) is 0 Å². The quantitative estimate of drug-likeness (QED) is 0.577. The zero-order valence-electron chi connectivity index (χ0n) is 6.82. The van der Waals surface area contributed by atoms with Crippen molar-refractivity contribution in [2.45, 2.75) is 26.2 Å². The molecular formula is C9H17N. The standard InChI is InChI=1S/C9H17N/c1-8(2)7-9-3-5-10-6-4-9/h9-10H,1,3-7H2,2H3. The molecule has 0 spiro atoms. The first-order chi connectivity index (χ1) is 4.79. The van der Waals surface area contributed by atoms with Crippen molar-refractivity contribution in [3.05, 3.63) is 12.2 Å². The number of nitrogens with one attached hydrogen (secondary N) is 1. The summed E-state index contributed by atoms with van der Waals surface area (Å²) in [5.41, 5.74) is 1.34. The zero-order valence-corrected chi connectivity index (χ0v) is 6.82. The normalized spacial score (nSPS) is 20.9. The molecular weight excluding hydrogens is 122 g/mol. The average molecular weight is 139 g/mol. The Morgan fingerprint density at radius 2 is 2.10 bits per heavy atom. The van der Waals surface area contributed by atoms with Crippen LogP contribution in [-0.4, -0.2) is 13.1 Å². The summed E-state index contributed by atoms with van der Waals surface area (Å²) in [6.07, 6.45) is 3.92. The van der Waals surface area contributed by atoms with Gasteiger partial charge in [0, 0.05) is 0 Å². The second kappa shape index (κ2) is 3.77. The lowest BCUT2D eigenvalue weighted by molar-refractivity contribution is 0.372. The van der Waals surface area contributed by atoms with Crippen LogP contribution in [0.25, 0.3) is 0 Å². The summed E-state index contributed by atoms with van der Waals surface area (Å²) in [4.78, 5) is 0. The van der Waals surface area contributed by atoms with E-state index in [1.54, 1.807) is 0 Å². The van der Waals surface area contributed by atoms with Crippen molar-refractivity contribution in [3.63, 3.8) is 0 Å². The second-order valence-corrected chi connectivity index (χ2v) is 3.35. The van der Waals surface area contributed by atoms with E-state index in [-0.39, 0.29) is 0 Å². The number of rotatable bonds is 2. The summed E-state index contributed by atoms with van der Waals surface area (Å²) in [5.74, 6) is 0.916. The molecule has 1 aliphatic heterocycles. The lowest BCUT2D eigenvalue weighted by atomic mass is 9.92. The Bertz CT molecular complexity index is 112. The fraction of sp³-hybridized carbons (Fsp3) is 0.778. The van der Waals surface area contributed by atoms with Gasteiger partial charge in [-0.25, -0.2) is 0 Å². The molecule has 1 aliphatic rings. The van der Waals surface area contributed by atoms with Crippen LogP contribution in [0.3, 0.4) is 0 Å². The zero-order chi connectivity index (χ0) is 7.40. The van der Waals surface area contributed by atoms with Crippen LogP contribution in [0.2, 0.25) is 0 Å². The molecule has 1 heterocycles. The largest absolute Gasteiger partial charge is 0.317 e. The van der Waals surface area contributed by atoms with Gasteiger partial charge in [-0.3, -0.25) is 0 Å². The highest BCUT2D eigenvalue weighted by Crippen LogP contribution is 2.18. The molecule has 0 aromatic rings. The number of allylic oxidation sites excluding steroid dienone is 1. The molecule has 0 atom stereocenters. The van der Waals surface area contributed by atoms with E-state index >= 15 is 0 Å². The fourth-order valence-electron chi connectivity index (χ4n) is 1.58. The van der Waals surface area contributed by atoms with Crippen molar-refractivity contribution in [2.75, 3.05) is 13.1 Å². The van der Waals surface area contributed by atoms with Gasteiger partial charge in [0.2, 0.25) is 0 Å². The van der Waals surface area contributed by atoms with Gasteiger partial charge in [-0.05, 0) is 45.2 Å². The van der Waals surface area contributed by atoms with Gasteiger partial charge in [0.25, 0.3) is 0 Å². The Kier molecular flexibility index (Phi) is 2.94. The molecule has 0 saturated carbocycles. The minimum atomic E-state index is 0.916. The highest BCUT2D eigenvalue weighted by atomic mass is 14.9. The molecule has 1 rings (SSSR count). The van der Waals surface area contributed by atoms with Crippen LogP contribution in [0.1, 0.15) is 26.2 Å². The van der Waals surface area contributed by atoms with Gasteiger partial charge in [0.15, 0.2) is 0 Å². The molecule has 0 bridgehead atoms. The molecule has 0 aromatic carbocycles. The van der Waals surface area contributed by atoms with Gasteiger partial charge in [0.1, 0.15) is 0 Å². The third kappa shape index (κ3) is 2.53. The third-order valence-electron chi connectivity index (χ3n) is 2.10. The Morgan fingerprint density at radius 3 is 2.60 bits per heavy atom. The van der Waals surface area contributed by atoms with Crippen molar-refractivity contribution in [1.82, 2.24) is 5.32 Å². The van der Waals surface area contributed by atoms with Gasteiger partial charge < -0.3 is 5.32 Å². The molecule has 0 aromatic heterocycles. The monoisotopic (exact) mass is 139 g/mol. The average Bonchev–Trinajstić information content (AvgIpc) is 1.88. The van der Waals surface area contributed by atoms with E-state index < -0.39 is 0 Å². The van der Waals surface area contributed by atoms with Crippen molar-refractivity contribution >= 4 is 0 Å². The molecule has 1 N–H and O–H groups in total. The minimum Gasteiger partial charge on any atom is -0.317 e. The van der Waals surface area contributed by atoms with Crippen LogP contribution in [0.15, 0.2) is 12.2 Å². The molecule has 58 valence electrons. The maximum Gasteiger partial charge on any atom is -0.00462 e. The molecule has 1 fully saturated rings. The highest BCUT2D eigenvalue weighted by molar-refractivity contribution is 4.91. The molecule has 1 saturated heterocycles. The maximum absolute atomic E-state index is 3.93. The first kappa shape index (κ1) is 7.80. The Balaban J connectivity index is 2.19. The Labute approximate surface area is 63.5 Å². The van der Waals surface area contributed by atoms with Crippen LogP contribution in [0.4, 0.5) is 0 Å². The van der Waals surface area contributed by atoms with E-state index in [4.69, 9.17) is 0 Å². The Hall–Kier alpha value is -0.300. The third-order valence-corrected chi connectivity index (χ3v) is 2.10. The highest BCUT2D eigenvalue weighted by Gasteiger charge is 2.11. The van der Waals surface area contributed by atoms with Crippen LogP contribution >= 0.6 is 0 Å². The minimum absolute atomic E-state index is 0.916. The Morgan fingerprint density at radius 1 is 1.50 bits per heavy atom. The van der Waals surface area contributed by atoms with Crippen LogP contribution in [0, 0.1) is 5.92 Å². The van der Waals surface area contributed by atoms with E-state index in [0.717, 1.165) is 5.92 Å². The van der Waals surface area contributed by atoms with E-state index in [0.29, 0.717) is 0 Å². The first-order valence-electron chi connectivity index (χ1n) is 4.14.